The Balaban J connectivity index is 1.39. The van der Waals surface area contributed by atoms with Crippen LogP contribution in [0.4, 0.5) is 5.69 Å². The number of fused-ring (bicyclic) bond motifs is 1. The highest BCUT2D eigenvalue weighted by atomic mass is 16.5. The Morgan fingerprint density at radius 3 is 2.11 bits per heavy atom. The molecule has 9 nitrogen and oxygen atoms in total. The molecular formula is C28H23N3O6. The first kappa shape index (κ1) is 23.8. The smallest absolute Gasteiger partial charge is 0.338 e. The molecule has 3 aromatic heterocycles. The SMILES string of the molecule is CCC(OC(=O)c1ccc2nc(-c3ccco3)c(-c3ccco3)nc2c1)C(=O)Nc1ccc(OC)cc1. The summed E-state index contributed by atoms with van der Waals surface area (Å²) >= 11 is 0. The summed E-state index contributed by atoms with van der Waals surface area (Å²) in [6.45, 7) is 1.77. The number of esters is 1. The number of nitrogens with one attached hydrogen (secondary N) is 1. The van der Waals surface area contributed by atoms with Crippen LogP contribution in [0.25, 0.3) is 33.9 Å². The number of carbonyl (C=O) groups excluding carboxylic acids is 2. The van der Waals surface area contributed by atoms with Gasteiger partial charge in [-0.15, -0.1) is 0 Å². The van der Waals surface area contributed by atoms with Crippen LogP contribution in [-0.4, -0.2) is 35.1 Å². The first-order valence-corrected chi connectivity index (χ1v) is 11.6. The van der Waals surface area contributed by atoms with Crippen LogP contribution in [-0.2, 0) is 9.53 Å². The summed E-state index contributed by atoms with van der Waals surface area (Å²) in [5.41, 5.74) is 2.83. The van der Waals surface area contributed by atoms with E-state index in [9.17, 15) is 9.59 Å². The highest BCUT2D eigenvalue weighted by molar-refractivity contribution is 5.99. The summed E-state index contributed by atoms with van der Waals surface area (Å²) in [4.78, 5) is 35.1. The van der Waals surface area contributed by atoms with Crippen molar-refractivity contribution in [2.75, 3.05) is 12.4 Å². The number of methoxy groups -OCH3 is 1. The first-order valence-electron chi connectivity index (χ1n) is 11.6. The van der Waals surface area contributed by atoms with E-state index in [4.69, 9.17) is 28.3 Å². The Labute approximate surface area is 212 Å². The van der Waals surface area contributed by atoms with Gasteiger partial charge < -0.3 is 23.6 Å². The van der Waals surface area contributed by atoms with Crippen molar-refractivity contribution in [3.05, 3.63) is 84.8 Å². The van der Waals surface area contributed by atoms with E-state index in [1.165, 1.54) is 0 Å². The van der Waals surface area contributed by atoms with E-state index in [-0.39, 0.29) is 5.56 Å². The zero-order chi connectivity index (χ0) is 25.8. The van der Waals surface area contributed by atoms with E-state index in [0.29, 0.717) is 51.8 Å². The lowest BCUT2D eigenvalue weighted by molar-refractivity contribution is -0.124. The average Bonchev–Trinajstić information content (AvgIpc) is 3.66. The molecule has 0 saturated carbocycles. The number of aromatic nitrogens is 2. The minimum atomic E-state index is -0.976. The van der Waals surface area contributed by atoms with Crippen LogP contribution < -0.4 is 10.1 Å². The van der Waals surface area contributed by atoms with E-state index in [1.807, 2.05) is 0 Å². The number of furan rings is 2. The van der Waals surface area contributed by atoms with E-state index in [1.54, 1.807) is 93.3 Å². The van der Waals surface area contributed by atoms with Gasteiger partial charge in [0.1, 0.15) is 17.1 Å². The number of nitrogens with zero attached hydrogens (tertiary/aromatic N) is 2. The molecule has 0 saturated heterocycles. The number of rotatable bonds is 8. The molecule has 9 heteroatoms. The third kappa shape index (κ3) is 5.06. The van der Waals surface area contributed by atoms with Gasteiger partial charge in [0.2, 0.25) is 0 Å². The third-order valence-electron chi connectivity index (χ3n) is 5.68. The minimum Gasteiger partial charge on any atom is -0.497 e. The molecule has 0 spiro atoms. The lowest BCUT2D eigenvalue weighted by Crippen LogP contribution is -2.32. The maximum atomic E-state index is 13.0. The van der Waals surface area contributed by atoms with E-state index in [2.05, 4.69) is 5.32 Å². The van der Waals surface area contributed by atoms with Crippen LogP contribution >= 0.6 is 0 Å². The molecule has 2 aromatic carbocycles. The molecule has 5 aromatic rings. The lowest BCUT2D eigenvalue weighted by atomic mass is 10.1. The first-order chi connectivity index (χ1) is 18.1. The molecule has 0 fully saturated rings. The standard InChI is InChI=1S/C28H23N3O6/c1-3-22(27(32)29-18-9-11-19(34-2)12-10-18)37-28(33)17-8-13-20-21(16-17)31-26(24-7-5-15-36-24)25(30-20)23-6-4-14-35-23/h4-16,22H,3H2,1-2H3,(H,29,32). The molecule has 0 bridgehead atoms. The van der Waals surface area contributed by atoms with E-state index in [0.717, 1.165) is 0 Å². The topological polar surface area (TPSA) is 117 Å². The second kappa shape index (κ2) is 10.4. The molecule has 0 aliphatic carbocycles. The fourth-order valence-electron chi connectivity index (χ4n) is 3.77. The number of carbonyl (C=O) groups is 2. The number of benzene rings is 2. The molecule has 5 rings (SSSR count). The highest BCUT2D eigenvalue weighted by Crippen LogP contribution is 2.31. The van der Waals surface area contributed by atoms with Crippen LogP contribution in [0.15, 0.2) is 88.1 Å². The van der Waals surface area contributed by atoms with Crippen molar-refractivity contribution in [3.8, 4) is 28.7 Å². The van der Waals surface area contributed by atoms with Gasteiger partial charge in [-0.2, -0.15) is 0 Å². The molecule has 1 amide bonds. The zero-order valence-corrected chi connectivity index (χ0v) is 20.1. The van der Waals surface area contributed by atoms with Crippen LogP contribution in [0.1, 0.15) is 23.7 Å². The van der Waals surface area contributed by atoms with E-state index < -0.39 is 18.0 Å². The Hall–Kier alpha value is -4.92. The van der Waals surface area contributed by atoms with Crippen LogP contribution in [0.3, 0.4) is 0 Å². The lowest BCUT2D eigenvalue weighted by Gasteiger charge is -2.16. The van der Waals surface area contributed by atoms with Gasteiger partial charge in [0.15, 0.2) is 17.6 Å². The Bertz CT molecular complexity index is 1530. The van der Waals surface area contributed by atoms with Crippen molar-refractivity contribution in [2.24, 2.45) is 0 Å². The van der Waals surface area contributed by atoms with Crippen LogP contribution in [0.5, 0.6) is 5.75 Å². The fourth-order valence-corrected chi connectivity index (χ4v) is 3.77. The Kier molecular flexibility index (Phi) is 6.67. The van der Waals surface area contributed by atoms with Crippen LogP contribution in [0.2, 0.25) is 0 Å². The van der Waals surface area contributed by atoms with Crippen molar-refractivity contribution in [2.45, 2.75) is 19.4 Å². The molecule has 1 N–H and O–H groups in total. The second-order valence-corrected chi connectivity index (χ2v) is 8.10. The van der Waals surface area contributed by atoms with Crippen LogP contribution in [0, 0.1) is 0 Å². The van der Waals surface area contributed by atoms with Gasteiger partial charge in [-0.25, -0.2) is 14.8 Å². The molecule has 37 heavy (non-hydrogen) atoms. The monoisotopic (exact) mass is 497 g/mol. The Morgan fingerprint density at radius 2 is 1.54 bits per heavy atom. The van der Waals surface area contributed by atoms with Crippen molar-refractivity contribution in [1.82, 2.24) is 9.97 Å². The summed E-state index contributed by atoms with van der Waals surface area (Å²) in [5, 5.41) is 2.76. The van der Waals surface area contributed by atoms with Gasteiger partial charge in [-0.3, -0.25) is 4.79 Å². The quantitative estimate of drug-likeness (QED) is 0.270. The van der Waals surface area contributed by atoms with Gasteiger partial charge in [0.25, 0.3) is 5.91 Å². The van der Waals surface area contributed by atoms with Gasteiger partial charge in [-0.1, -0.05) is 6.92 Å². The highest BCUT2D eigenvalue weighted by Gasteiger charge is 2.23. The van der Waals surface area contributed by atoms with Gasteiger partial charge >= 0.3 is 5.97 Å². The normalized spacial score (nSPS) is 11.7. The molecule has 1 atom stereocenters. The van der Waals surface area contributed by atoms with Crippen molar-refractivity contribution < 1.29 is 27.9 Å². The van der Waals surface area contributed by atoms with Gasteiger partial charge in [0.05, 0.1) is 36.2 Å². The maximum absolute atomic E-state index is 13.0. The third-order valence-corrected chi connectivity index (χ3v) is 5.68. The summed E-state index contributed by atoms with van der Waals surface area (Å²) in [6, 6.07) is 18.8. The number of ether oxygens (including phenoxy) is 2. The minimum absolute atomic E-state index is 0.244. The summed E-state index contributed by atoms with van der Waals surface area (Å²) in [5.74, 6) is 0.648. The fraction of sp³-hybridized carbons (Fsp3) is 0.143. The molecular weight excluding hydrogens is 474 g/mol. The maximum Gasteiger partial charge on any atom is 0.338 e. The largest absolute Gasteiger partial charge is 0.497 e. The predicted octanol–water partition coefficient (Wildman–Crippen LogP) is 5.73. The number of hydrogen-bond donors (Lipinski definition) is 1. The molecule has 1 unspecified atom stereocenters. The number of hydrogen-bond acceptors (Lipinski definition) is 8. The van der Waals surface area contributed by atoms with E-state index >= 15 is 0 Å². The summed E-state index contributed by atoms with van der Waals surface area (Å²) < 4.78 is 21.8. The molecule has 3 heterocycles. The summed E-state index contributed by atoms with van der Waals surface area (Å²) in [6.07, 6.45) is 2.43. The molecule has 0 radical (unpaired) electrons. The number of amides is 1. The molecule has 0 aliphatic heterocycles. The van der Waals surface area contributed by atoms with Gasteiger partial charge in [-0.05, 0) is 73.2 Å². The molecule has 0 aliphatic rings. The summed E-state index contributed by atoms with van der Waals surface area (Å²) in [7, 11) is 1.56. The molecule has 186 valence electrons. The second-order valence-electron chi connectivity index (χ2n) is 8.10. The van der Waals surface area contributed by atoms with Gasteiger partial charge in [0, 0.05) is 5.69 Å². The van der Waals surface area contributed by atoms with Crippen molar-refractivity contribution in [1.29, 1.82) is 0 Å². The number of anilines is 1. The van der Waals surface area contributed by atoms with Crippen molar-refractivity contribution in [3.63, 3.8) is 0 Å². The average molecular weight is 498 g/mol. The zero-order valence-electron chi connectivity index (χ0n) is 20.1. The van der Waals surface area contributed by atoms with Crippen molar-refractivity contribution >= 4 is 28.6 Å². The Morgan fingerprint density at radius 1 is 0.892 bits per heavy atom. The predicted molar refractivity (Wildman–Crippen MR) is 136 cm³/mol.